The number of nitrogens with zero attached hydrogens (tertiary/aromatic N) is 2. The lowest BCUT2D eigenvalue weighted by atomic mass is 9.82. The summed E-state index contributed by atoms with van der Waals surface area (Å²) in [6.07, 6.45) is 0.209. The van der Waals surface area contributed by atoms with Crippen LogP contribution in [-0.4, -0.2) is 34.7 Å². The van der Waals surface area contributed by atoms with E-state index in [2.05, 4.69) is 11.0 Å². The number of carbonyl (C=O) groups is 1. The first-order valence-corrected chi connectivity index (χ1v) is 11.7. The highest BCUT2D eigenvalue weighted by Crippen LogP contribution is 2.39. The van der Waals surface area contributed by atoms with Crippen LogP contribution in [0.15, 0.2) is 66.7 Å². The predicted octanol–water partition coefficient (Wildman–Crippen LogP) is 6.43. The molecule has 180 valence electrons. The molecule has 1 aliphatic rings. The highest BCUT2D eigenvalue weighted by Gasteiger charge is 2.38. The topological polar surface area (TPSA) is 64.3 Å². The lowest BCUT2D eigenvalue weighted by Gasteiger charge is -2.46. The van der Waals surface area contributed by atoms with Crippen molar-refractivity contribution in [2.45, 2.75) is 31.5 Å². The van der Waals surface area contributed by atoms with E-state index in [1.807, 2.05) is 42.5 Å². The Morgan fingerprint density at radius 1 is 1.17 bits per heavy atom. The third kappa shape index (κ3) is 6.05. The summed E-state index contributed by atoms with van der Waals surface area (Å²) >= 11 is 6.08. The largest absolute Gasteiger partial charge is 0.478 e. The first-order chi connectivity index (χ1) is 16.6. The molecule has 0 radical (unpaired) electrons. The summed E-state index contributed by atoms with van der Waals surface area (Å²) in [4.78, 5) is 13.4. The molecule has 0 saturated carbocycles. The number of carboxylic acid groups (broad SMARTS) is 1. The van der Waals surface area contributed by atoms with Crippen molar-refractivity contribution in [3.8, 4) is 6.07 Å². The van der Waals surface area contributed by atoms with E-state index in [9.17, 15) is 14.4 Å². The second-order valence-electron chi connectivity index (χ2n) is 9.46. The van der Waals surface area contributed by atoms with Crippen LogP contribution in [0, 0.1) is 23.1 Å². The Labute approximate surface area is 208 Å². The average molecular weight is 495 g/mol. The van der Waals surface area contributed by atoms with Gasteiger partial charge in [0, 0.05) is 24.5 Å². The number of aromatic carboxylic acids is 1. The molecule has 0 aromatic heterocycles. The third-order valence-electron chi connectivity index (χ3n) is 6.36. The van der Waals surface area contributed by atoms with Gasteiger partial charge in [0.25, 0.3) is 0 Å². The quantitative estimate of drug-likeness (QED) is 0.392. The van der Waals surface area contributed by atoms with Crippen molar-refractivity contribution >= 4 is 17.6 Å². The van der Waals surface area contributed by atoms with Gasteiger partial charge in [-0.3, -0.25) is 4.90 Å². The van der Waals surface area contributed by atoms with Gasteiger partial charge in [-0.15, -0.1) is 0 Å². The van der Waals surface area contributed by atoms with Crippen molar-refractivity contribution in [1.82, 2.24) is 4.90 Å². The molecule has 0 spiro atoms. The van der Waals surface area contributed by atoms with Crippen LogP contribution in [-0.2, 0) is 6.42 Å². The lowest BCUT2D eigenvalue weighted by molar-refractivity contribution is 0.0237. The van der Waals surface area contributed by atoms with Crippen molar-refractivity contribution in [1.29, 1.82) is 5.26 Å². The van der Waals surface area contributed by atoms with Gasteiger partial charge in [0.05, 0.1) is 23.2 Å². The predicted molar refractivity (Wildman–Crippen MR) is 131 cm³/mol. The molecule has 1 saturated heterocycles. The molecule has 1 heterocycles. The molecule has 1 N–H and O–H groups in total. The monoisotopic (exact) mass is 494 g/mol. The summed E-state index contributed by atoms with van der Waals surface area (Å²) in [7, 11) is 0. The fourth-order valence-corrected chi connectivity index (χ4v) is 5.09. The fraction of sp³-hybridized carbons (Fsp3) is 0.286. The van der Waals surface area contributed by atoms with Gasteiger partial charge in [0.15, 0.2) is 0 Å². The lowest BCUT2D eigenvalue weighted by Crippen LogP contribution is -2.50. The summed E-state index contributed by atoms with van der Waals surface area (Å²) in [6.45, 7) is 2.80. The van der Waals surface area contributed by atoms with Crippen LogP contribution >= 0.6 is 11.6 Å². The SMILES string of the molecule is CC(F)(Cc1cc(F)cc(C(=O)O)c1)CC1CN(C(c2ccc(Cl)cc2)c2cccc(C#N)c2)C1. The van der Waals surface area contributed by atoms with Gasteiger partial charge in [0.2, 0.25) is 0 Å². The summed E-state index contributed by atoms with van der Waals surface area (Å²) in [5.74, 6) is -1.84. The van der Waals surface area contributed by atoms with E-state index in [-0.39, 0.29) is 30.4 Å². The second kappa shape index (κ2) is 10.2. The van der Waals surface area contributed by atoms with E-state index >= 15 is 4.39 Å². The van der Waals surface area contributed by atoms with Crippen LogP contribution in [0.5, 0.6) is 0 Å². The number of likely N-dealkylation sites (tertiary alicyclic amines) is 1. The average Bonchev–Trinajstić information content (AvgIpc) is 2.78. The molecule has 2 unspecified atom stereocenters. The Bertz CT molecular complexity index is 1260. The first-order valence-electron chi connectivity index (χ1n) is 11.3. The first kappa shape index (κ1) is 24.8. The molecule has 35 heavy (non-hydrogen) atoms. The second-order valence-corrected chi connectivity index (χ2v) is 9.90. The van der Waals surface area contributed by atoms with Gasteiger partial charge in [-0.05, 0) is 78.4 Å². The Morgan fingerprint density at radius 3 is 2.54 bits per heavy atom. The maximum atomic E-state index is 15.5. The number of benzene rings is 3. The van der Waals surface area contributed by atoms with Crippen molar-refractivity contribution in [2.24, 2.45) is 5.92 Å². The minimum absolute atomic E-state index is 0.0631. The maximum absolute atomic E-state index is 15.5. The highest BCUT2D eigenvalue weighted by atomic mass is 35.5. The Hall–Kier alpha value is -3.27. The van der Waals surface area contributed by atoms with Gasteiger partial charge in [-0.1, -0.05) is 35.9 Å². The van der Waals surface area contributed by atoms with Crippen LogP contribution in [0.1, 0.15) is 52.0 Å². The van der Waals surface area contributed by atoms with E-state index < -0.39 is 17.5 Å². The molecule has 4 nitrogen and oxygen atoms in total. The fourth-order valence-electron chi connectivity index (χ4n) is 4.96. The van der Waals surface area contributed by atoms with Crippen molar-refractivity contribution < 1.29 is 18.7 Å². The van der Waals surface area contributed by atoms with Crippen molar-refractivity contribution in [2.75, 3.05) is 13.1 Å². The van der Waals surface area contributed by atoms with Crippen molar-refractivity contribution in [3.05, 3.63) is 105 Å². The Morgan fingerprint density at radius 2 is 1.89 bits per heavy atom. The molecule has 4 rings (SSSR count). The summed E-state index contributed by atoms with van der Waals surface area (Å²) < 4.78 is 29.3. The molecule has 2 atom stereocenters. The van der Waals surface area contributed by atoms with Crippen LogP contribution < -0.4 is 0 Å². The molecule has 1 aliphatic heterocycles. The molecule has 0 amide bonds. The zero-order valence-corrected chi connectivity index (χ0v) is 20.0. The Balaban J connectivity index is 1.47. The van der Waals surface area contributed by atoms with Gasteiger partial charge in [0.1, 0.15) is 11.5 Å². The Kier molecular flexibility index (Phi) is 7.20. The molecular formula is C28H25ClF2N2O2. The minimum Gasteiger partial charge on any atom is -0.478 e. The summed E-state index contributed by atoms with van der Waals surface area (Å²) in [5, 5.41) is 19.1. The maximum Gasteiger partial charge on any atom is 0.335 e. The molecule has 1 fully saturated rings. The zero-order chi connectivity index (χ0) is 25.2. The standard InChI is InChI=1S/C28H25ClF2N2O2/c1-28(31,13-19-10-23(27(34)35)12-25(30)11-19)14-20-16-33(17-20)26(21-5-7-24(29)8-6-21)22-4-2-3-18(9-22)15-32/h2-12,20,26H,13-14,16-17H2,1H3,(H,34,35). The highest BCUT2D eigenvalue weighted by molar-refractivity contribution is 6.30. The minimum atomic E-state index is -1.61. The van der Waals surface area contributed by atoms with Crippen LogP contribution in [0.2, 0.25) is 5.02 Å². The number of carboxylic acids is 1. The van der Waals surface area contributed by atoms with Crippen LogP contribution in [0.25, 0.3) is 0 Å². The number of rotatable bonds is 8. The van der Waals surface area contributed by atoms with Crippen molar-refractivity contribution in [3.63, 3.8) is 0 Å². The number of alkyl halides is 1. The number of hydrogen-bond donors (Lipinski definition) is 1. The molecule has 7 heteroatoms. The summed E-state index contributed by atoms with van der Waals surface area (Å²) in [6, 6.07) is 20.6. The number of nitriles is 1. The van der Waals surface area contributed by atoms with Crippen LogP contribution in [0.4, 0.5) is 8.78 Å². The van der Waals surface area contributed by atoms with E-state index in [0.717, 1.165) is 17.2 Å². The molecule has 3 aromatic rings. The van der Waals surface area contributed by atoms with E-state index in [4.69, 9.17) is 16.7 Å². The van der Waals surface area contributed by atoms with E-state index in [1.165, 1.54) is 19.1 Å². The number of halogens is 3. The normalized spacial score (nSPS) is 16.7. The van der Waals surface area contributed by atoms with Gasteiger partial charge >= 0.3 is 5.97 Å². The molecule has 3 aromatic carbocycles. The number of hydrogen-bond acceptors (Lipinski definition) is 3. The van der Waals surface area contributed by atoms with Gasteiger partial charge < -0.3 is 5.11 Å². The zero-order valence-electron chi connectivity index (χ0n) is 19.2. The summed E-state index contributed by atoms with van der Waals surface area (Å²) in [5.41, 5.74) is 1.12. The van der Waals surface area contributed by atoms with Gasteiger partial charge in [-0.25, -0.2) is 13.6 Å². The van der Waals surface area contributed by atoms with Gasteiger partial charge in [-0.2, -0.15) is 5.26 Å². The smallest absolute Gasteiger partial charge is 0.335 e. The third-order valence-corrected chi connectivity index (χ3v) is 6.61. The molecule has 0 bridgehead atoms. The molecule has 0 aliphatic carbocycles. The molecular weight excluding hydrogens is 470 g/mol. The van der Waals surface area contributed by atoms with E-state index in [1.54, 1.807) is 6.07 Å². The van der Waals surface area contributed by atoms with Crippen LogP contribution in [0.3, 0.4) is 0 Å². The van der Waals surface area contributed by atoms with E-state index in [0.29, 0.717) is 29.2 Å².